The van der Waals surface area contributed by atoms with E-state index in [1.165, 1.54) is 6.92 Å². The summed E-state index contributed by atoms with van der Waals surface area (Å²) in [6.07, 6.45) is -4.47. The van der Waals surface area contributed by atoms with Gasteiger partial charge in [0.15, 0.2) is 5.69 Å². The van der Waals surface area contributed by atoms with Crippen LogP contribution < -0.4 is 0 Å². The first-order chi connectivity index (χ1) is 6.46. The third kappa shape index (κ3) is 2.23. The van der Waals surface area contributed by atoms with Gasteiger partial charge in [-0.25, -0.2) is 0 Å². The Balaban J connectivity index is 3.20. The van der Waals surface area contributed by atoms with E-state index in [1.54, 1.807) is 0 Å². The molecule has 0 radical (unpaired) electrons. The van der Waals surface area contributed by atoms with Crippen LogP contribution in [-0.4, -0.2) is 16.0 Å². The number of nitrogens with zero attached hydrogens (tertiary/aromatic N) is 1. The summed E-state index contributed by atoms with van der Waals surface area (Å²) < 4.78 is 37.0. The van der Waals surface area contributed by atoms with Gasteiger partial charge >= 0.3 is 6.18 Å². The first-order valence-corrected chi connectivity index (χ1v) is 4.32. The van der Waals surface area contributed by atoms with Gasteiger partial charge in [-0.05, 0) is 6.92 Å². The number of aryl methyl sites for hydroxylation is 1. The Hall–Kier alpha value is -1.09. The average Bonchev–Trinajstić information content (AvgIpc) is 2.42. The highest BCUT2D eigenvalue weighted by Crippen LogP contribution is 2.30. The van der Waals surface area contributed by atoms with Crippen LogP contribution >= 0.6 is 12.6 Å². The second-order valence-electron chi connectivity index (χ2n) is 2.53. The summed E-state index contributed by atoms with van der Waals surface area (Å²) in [6.45, 7) is 1.49. The fourth-order valence-electron chi connectivity index (χ4n) is 0.915. The Morgan fingerprint density at radius 3 is 2.64 bits per heavy atom. The minimum atomic E-state index is -4.47. The van der Waals surface area contributed by atoms with Crippen molar-refractivity contribution in [2.24, 2.45) is 0 Å². The van der Waals surface area contributed by atoms with Crippen LogP contribution in [0.5, 0.6) is 0 Å². The second kappa shape index (κ2) is 3.96. The molecule has 0 aliphatic carbocycles. The van der Waals surface area contributed by atoms with Crippen LogP contribution in [-0.2, 0) is 6.18 Å². The highest BCUT2D eigenvalue weighted by Gasteiger charge is 2.37. The highest BCUT2D eigenvalue weighted by atomic mass is 32.1. The molecule has 0 bridgehead atoms. The summed E-state index contributed by atoms with van der Waals surface area (Å²) in [6, 6.07) is 0. The fourth-order valence-corrected chi connectivity index (χ4v) is 0.994. The number of rotatable bonds is 0. The zero-order valence-corrected chi connectivity index (χ0v) is 8.13. The Morgan fingerprint density at radius 2 is 2.14 bits per heavy atom. The van der Waals surface area contributed by atoms with Gasteiger partial charge in [0.05, 0.1) is 11.3 Å². The van der Waals surface area contributed by atoms with Crippen molar-refractivity contribution in [2.75, 3.05) is 5.75 Å². The lowest BCUT2D eigenvalue weighted by Gasteiger charge is -2.01. The first kappa shape index (κ1) is 11.0. The topological polar surface area (TPSA) is 28.7 Å². The number of nitrogens with one attached hydrogen (secondary N) is 1. The van der Waals surface area contributed by atoms with Gasteiger partial charge in [0.1, 0.15) is 0 Å². The minimum absolute atomic E-state index is 0.105. The van der Waals surface area contributed by atoms with E-state index in [-0.39, 0.29) is 11.3 Å². The summed E-state index contributed by atoms with van der Waals surface area (Å²) in [4.78, 5) is 0. The predicted molar refractivity (Wildman–Crippen MR) is 49.1 cm³/mol. The molecule has 1 rings (SSSR count). The van der Waals surface area contributed by atoms with Gasteiger partial charge in [-0.2, -0.15) is 30.9 Å². The molecule has 0 saturated heterocycles. The maximum Gasteiger partial charge on any atom is 0.436 e. The van der Waals surface area contributed by atoms with Gasteiger partial charge < -0.3 is 0 Å². The van der Waals surface area contributed by atoms with E-state index in [4.69, 9.17) is 0 Å². The summed E-state index contributed by atoms with van der Waals surface area (Å²) in [5.41, 5.74) is -0.762. The lowest BCUT2D eigenvalue weighted by molar-refractivity contribution is -0.141. The van der Waals surface area contributed by atoms with Crippen molar-refractivity contribution < 1.29 is 13.2 Å². The number of hydrogen-bond acceptors (Lipinski definition) is 2. The van der Waals surface area contributed by atoms with E-state index in [2.05, 4.69) is 34.7 Å². The number of alkyl halides is 3. The summed E-state index contributed by atoms with van der Waals surface area (Å²) in [5.74, 6) is 5.05. The maximum absolute atomic E-state index is 12.3. The molecule has 0 fully saturated rings. The van der Waals surface area contributed by atoms with E-state index >= 15 is 0 Å². The number of thiol groups is 1. The normalized spacial score (nSPS) is 10.9. The molecule has 1 heterocycles. The molecule has 0 aliphatic heterocycles. The van der Waals surface area contributed by atoms with E-state index in [1.807, 2.05) is 0 Å². The van der Waals surface area contributed by atoms with Crippen LogP contribution in [0.15, 0.2) is 0 Å². The molecule has 76 valence electrons. The molecular formula is C8H7F3N2S. The molecule has 0 amide bonds. The van der Waals surface area contributed by atoms with Crippen LogP contribution in [0.1, 0.15) is 17.0 Å². The Labute approximate surface area is 84.3 Å². The molecule has 1 aromatic heterocycles. The van der Waals surface area contributed by atoms with Crippen molar-refractivity contribution >= 4 is 12.6 Å². The van der Waals surface area contributed by atoms with Crippen molar-refractivity contribution in [3.05, 3.63) is 17.0 Å². The van der Waals surface area contributed by atoms with E-state index in [9.17, 15) is 13.2 Å². The SMILES string of the molecule is Cc1[nH]nc(C(F)(F)F)c1C#CCS. The van der Waals surface area contributed by atoms with Crippen LogP contribution in [0, 0.1) is 18.8 Å². The largest absolute Gasteiger partial charge is 0.436 e. The van der Waals surface area contributed by atoms with E-state index < -0.39 is 11.9 Å². The molecule has 0 spiro atoms. The molecule has 0 aliphatic rings. The molecule has 0 unspecified atom stereocenters. The Bertz CT molecular complexity index is 384. The molecular weight excluding hydrogens is 213 g/mol. The maximum atomic E-state index is 12.3. The summed E-state index contributed by atoms with van der Waals surface area (Å²) in [5, 5.41) is 5.42. The van der Waals surface area contributed by atoms with Crippen LogP contribution in [0.25, 0.3) is 0 Å². The monoisotopic (exact) mass is 220 g/mol. The van der Waals surface area contributed by atoms with Crippen LogP contribution in [0.3, 0.4) is 0 Å². The average molecular weight is 220 g/mol. The van der Waals surface area contributed by atoms with Gasteiger partial charge in [0.25, 0.3) is 0 Å². The zero-order chi connectivity index (χ0) is 10.8. The minimum Gasteiger partial charge on any atom is -0.281 e. The highest BCUT2D eigenvalue weighted by molar-refractivity contribution is 7.80. The molecule has 14 heavy (non-hydrogen) atoms. The van der Waals surface area contributed by atoms with Crippen molar-refractivity contribution in [2.45, 2.75) is 13.1 Å². The molecule has 6 heteroatoms. The van der Waals surface area contributed by atoms with Crippen molar-refractivity contribution in [1.82, 2.24) is 10.2 Å². The number of halogens is 3. The molecule has 2 nitrogen and oxygen atoms in total. The van der Waals surface area contributed by atoms with Gasteiger partial charge in [-0.3, -0.25) is 5.10 Å². The molecule has 1 aromatic rings. The summed E-state index contributed by atoms with van der Waals surface area (Å²) >= 11 is 3.79. The smallest absolute Gasteiger partial charge is 0.281 e. The van der Waals surface area contributed by atoms with Gasteiger partial charge in [0.2, 0.25) is 0 Å². The third-order valence-electron chi connectivity index (χ3n) is 1.51. The van der Waals surface area contributed by atoms with E-state index in [0.29, 0.717) is 5.69 Å². The number of hydrogen-bond donors (Lipinski definition) is 2. The molecule has 0 saturated carbocycles. The van der Waals surface area contributed by atoms with Crippen LogP contribution in [0.4, 0.5) is 13.2 Å². The number of aromatic nitrogens is 2. The van der Waals surface area contributed by atoms with Crippen molar-refractivity contribution in [3.63, 3.8) is 0 Å². The van der Waals surface area contributed by atoms with E-state index in [0.717, 1.165) is 0 Å². The lowest BCUT2D eigenvalue weighted by atomic mass is 10.2. The predicted octanol–water partition coefficient (Wildman–Crippen LogP) is 2.02. The Morgan fingerprint density at radius 1 is 1.50 bits per heavy atom. The summed E-state index contributed by atoms with van der Waals surface area (Å²) in [7, 11) is 0. The van der Waals surface area contributed by atoms with Crippen molar-refractivity contribution in [3.8, 4) is 11.8 Å². The molecule has 0 atom stereocenters. The first-order valence-electron chi connectivity index (χ1n) is 3.68. The van der Waals surface area contributed by atoms with Gasteiger partial charge in [0, 0.05) is 5.69 Å². The number of aromatic amines is 1. The van der Waals surface area contributed by atoms with Gasteiger partial charge in [-0.15, -0.1) is 0 Å². The zero-order valence-electron chi connectivity index (χ0n) is 7.24. The number of H-pyrrole nitrogens is 1. The lowest BCUT2D eigenvalue weighted by Crippen LogP contribution is -2.07. The molecule has 1 N–H and O–H groups in total. The van der Waals surface area contributed by atoms with Crippen LogP contribution in [0.2, 0.25) is 0 Å². The second-order valence-corrected chi connectivity index (χ2v) is 2.85. The molecule has 0 aromatic carbocycles. The third-order valence-corrected chi connectivity index (χ3v) is 1.67. The fraction of sp³-hybridized carbons (Fsp3) is 0.375. The standard InChI is InChI=1S/C8H7F3N2S/c1-5-6(3-2-4-14)7(13-12-5)8(9,10)11/h14H,4H2,1H3,(H,12,13). The van der Waals surface area contributed by atoms with Gasteiger partial charge in [-0.1, -0.05) is 11.8 Å². The Kier molecular flexibility index (Phi) is 3.11. The quantitative estimate of drug-likeness (QED) is 0.508. The van der Waals surface area contributed by atoms with Crippen molar-refractivity contribution in [1.29, 1.82) is 0 Å².